The van der Waals surface area contributed by atoms with E-state index in [0.717, 1.165) is 36.2 Å². The third kappa shape index (κ3) is 3.16. The number of rotatable bonds is 4. The summed E-state index contributed by atoms with van der Waals surface area (Å²) in [5.74, 6) is 0.157. The predicted molar refractivity (Wildman–Crippen MR) is 123 cm³/mol. The molecule has 3 heterocycles. The van der Waals surface area contributed by atoms with Gasteiger partial charge in [0.15, 0.2) is 0 Å². The fourth-order valence-electron chi connectivity index (χ4n) is 5.21. The van der Waals surface area contributed by atoms with Crippen LogP contribution in [-0.2, 0) is 11.0 Å². The van der Waals surface area contributed by atoms with Gasteiger partial charge in [0.05, 0.1) is 39.3 Å². The van der Waals surface area contributed by atoms with Gasteiger partial charge < -0.3 is 9.52 Å². The van der Waals surface area contributed by atoms with Gasteiger partial charge in [0, 0.05) is 6.20 Å². The molecule has 172 valence electrons. The maximum atomic E-state index is 14.5. The topological polar surface area (TPSA) is 97.8 Å². The van der Waals surface area contributed by atoms with Crippen molar-refractivity contribution in [2.75, 3.05) is 0 Å². The third-order valence-corrected chi connectivity index (χ3v) is 7.24. The molecule has 2 aliphatic rings. The summed E-state index contributed by atoms with van der Waals surface area (Å²) in [5, 5.41) is 19.4. The lowest BCUT2D eigenvalue weighted by atomic mass is 9.80. The van der Waals surface area contributed by atoms with Crippen LogP contribution in [0, 0.1) is 5.82 Å². The molecule has 4 aromatic rings. The van der Waals surface area contributed by atoms with E-state index in [-0.39, 0.29) is 11.5 Å². The highest BCUT2D eigenvalue weighted by Gasteiger charge is 2.53. The van der Waals surface area contributed by atoms with Crippen molar-refractivity contribution in [1.29, 1.82) is 0 Å². The van der Waals surface area contributed by atoms with Crippen LogP contribution in [0.5, 0.6) is 0 Å². The summed E-state index contributed by atoms with van der Waals surface area (Å²) in [4.78, 5) is 13.6. The summed E-state index contributed by atoms with van der Waals surface area (Å²) in [6.45, 7) is 3.29. The highest BCUT2D eigenvalue weighted by molar-refractivity contribution is 6.33. The van der Waals surface area contributed by atoms with Gasteiger partial charge >= 0.3 is 0 Å². The number of fused-ring (bicyclic) bond motifs is 5. The molecule has 0 saturated heterocycles. The number of nitrogens with zero attached hydrogens (tertiary/aromatic N) is 5. The molecule has 3 aromatic heterocycles. The SMILES string of the molecule is CC(C)(O)c1coc(-c2cncc([C@]34CC[C@H](C3)c3cc(-c5c(F)cccc5Cl)nnc34)n2)n1. The molecule has 7 nitrogen and oxygen atoms in total. The Morgan fingerprint density at radius 1 is 1.18 bits per heavy atom. The van der Waals surface area contributed by atoms with Gasteiger partial charge in [-0.3, -0.25) is 4.98 Å². The lowest BCUT2D eigenvalue weighted by Crippen LogP contribution is -2.26. The van der Waals surface area contributed by atoms with Gasteiger partial charge in [-0.25, -0.2) is 14.4 Å². The van der Waals surface area contributed by atoms with E-state index in [0.29, 0.717) is 28.0 Å². The Labute approximate surface area is 200 Å². The van der Waals surface area contributed by atoms with Crippen LogP contribution < -0.4 is 0 Å². The van der Waals surface area contributed by atoms with Crippen LogP contribution >= 0.6 is 11.6 Å². The van der Waals surface area contributed by atoms with E-state index in [4.69, 9.17) is 21.0 Å². The molecule has 1 aromatic carbocycles. The first-order valence-corrected chi connectivity index (χ1v) is 11.5. The first-order chi connectivity index (χ1) is 16.3. The second-order valence-electron chi connectivity index (χ2n) is 9.54. The van der Waals surface area contributed by atoms with Crippen LogP contribution in [0.15, 0.2) is 47.3 Å². The largest absolute Gasteiger partial charge is 0.443 e. The zero-order valence-corrected chi connectivity index (χ0v) is 19.3. The third-order valence-electron chi connectivity index (χ3n) is 6.92. The molecule has 6 rings (SSSR count). The lowest BCUT2D eigenvalue weighted by Gasteiger charge is -2.26. The molecule has 1 N–H and O–H groups in total. The van der Waals surface area contributed by atoms with E-state index in [9.17, 15) is 9.50 Å². The average Bonchev–Trinajstić information content (AvgIpc) is 3.54. The fourth-order valence-corrected chi connectivity index (χ4v) is 5.47. The van der Waals surface area contributed by atoms with Crippen molar-refractivity contribution in [2.45, 2.75) is 50.0 Å². The Hall–Kier alpha value is -3.23. The molecule has 2 atom stereocenters. The predicted octanol–water partition coefficient (Wildman–Crippen LogP) is 5.18. The number of hydrogen-bond acceptors (Lipinski definition) is 7. The summed E-state index contributed by atoms with van der Waals surface area (Å²) in [5.41, 5.74) is 2.77. The Bertz CT molecular complexity index is 1410. The molecule has 9 heteroatoms. The molecule has 0 unspecified atom stereocenters. The van der Waals surface area contributed by atoms with Crippen LogP contribution in [0.1, 0.15) is 61.7 Å². The van der Waals surface area contributed by atoms with Gasteiger partial charge in [-0.15, -0.1) is 0 Å². The van der Waals surface area contributed by atoms with Crippen LogP contribution in [0.4, 0.5) is 4.39 Å². The lowest BCUT2D eigenvalue weighted by molar-refractivity contribution is 0.0738. The molecule has 0 spiro atoms. The standard InChI is InChI=1S/C25H21ClFN5O2/c1-24(2,33)20-12-34-23(30-20)18-10-28-11-19(29-18)25-7-6-13(9-25)14-8-17(31-32-22(14)25)21-15(26)4-3-5-16(21)27/h3-5,8,10-13,33H,6-7,9H2,1-2H3/t13-,25+/m1/s1. The molecule has 0 radical (unpaired) electrons. The summed E-state index contributed by atoms with van der Waals surface area (Å²) < 4.78 is 20.1. The van der Waals surface area contributed by atoms with Crippen molar-refractivity contribution < 1.29 is 13.9 Å². The van der Waals surface area contributed by atoms with Gasteiger partial charge in [0.2, 0.25) is 5.89 Å². The highest BCUT2D eigenvalue weighted by atomic mass is 35.5. The van der Waals surface area contributed by atoms with Gasteiger partial charge in [-0.2, -0.15) is 10.2 Å². The summed E-state index contributed by atoms with van der Waals surface area (Å²) >= 11 is 6.27. The van der Waals surface area contributed by atoms with Crippen LogP contribution in [-0.4, -0.2) is 30.3 Å². The van der Waals surface area contributed by atoms with Gasteiger partial charge in [0.25, 0.3) is 0 Å². The van der Waals surface area contributed by atoms with Crippen molar-refractivity contribution in [3.05, 3.63) is 76.4 Å². The summed E-state index contributed by atoms with van der Waals surface area (Å²) in [6, 6.07) is 6.51. The number of oxazole rings is 1. The summed E-state index contributed by atoms with van der Waals surface area (Å²) in [6.07, 6.45) is 7.46. The van der Waals surface area contributed by atoms with Crippen molar-refractivity contribution in [1.82, 2.24) is 25.1 Å². The second-order valence-corrected chi connectivity index (χ2v) is 9.95. The molecule has 2 aliphatic carbocycles. The number of benzene rings is 1. The van der Waals surface area contributed by atoms with E-state index < -0.39 is 16.8 Å². The second kappa shape index (κ2) is 7.38. The smallest absolute Gasteiger partial charge is 0.247 e. The Morgan fingerprint density at radius 3 is 2.79 bits per heavy atom. The van der Waals surface area contributed by atoms with E-state index >= 15 is 0 Å². The summed E-state index contributed by atoms with van der Waals surface area (Å²) in [7, 11) is 0. The molecular weight excluding hydrogens is 457 g/mol. The minimum atomic E-state index is -1.12. The molecule has 0 aliphatic heterocycles. The average molecular weight is 478 g/mol. The van der Waals surface area contributed by atoms with Gasteiger partial charge in [-0.1, -0.05) is 17.7 Å². The molecule has 0 amide bonds. The molecular formula is C25H21ClFN5O2. The van der Waals surface area contributed by atoms with Crippen molar-refractivity contribution in [3.63, 3.8) is 0 Å². The number of hydrogen-bond donors (Lipinski definition) is 1. The maximum absolute atomic E-state index is 14.5. The quantitative estimate of drug-likeness (QED) is 0.432. The monoisotopic (exact) mass is 477 g/mol. The first kappa shape index (κ1) is 21.3. The molecule has 2 bridgehead atoms. The van der Waals surface area contributed by atoms with E-state index in [1.165, 1.54) is 12.3 Å². The van der Waals surface area contributed by atoms with Crippen LogP contribution in [0.3, 0.4) is 0 Å². The first-order valence-electron chi connectivity index (χ1n) is 11.1. The molecule has 1 saturated carbocycles. The minimum Gasteiger partial charge on any atom is -0.443 e. The van der Waals surface area contributed by atoms with Crippen LogP contribution in [0.25, 0.3) is 22.8 Å². The molecule has 34 heavy (non-hydrogen) atoms. The van der Waals surface area contributed by atoms with E-state index in [1.807, 2.05) is 6.07 Å². The number of aliphatic hydroxyl groups is 1. The normalized spacial score (nSPS) is 21.1. The fraction of sp³-hybridized carbons (Fsp3) is 0.320. The van der Waals surface area contributed by atoms with E-state index in [1.54, 1.807) is 38.4 Å². The highest BCUT2D eigenvalue weighted by Crippen LogP contribution is 2.59. The zero-order valence-electron chi connectivity index (χ0n) is 18.6. The van der Waals surface area contributed by atoms with Crippen LogP contribution in [0.2, 0.25) is 5.02 Å². The Kier molecular flexibility index (Phi) is 4.63. The molecule has 1 fully saturated rings. The number of halogens is 2. The van der Waals surface area contributed by atoms with Crippen molar-refractivity contribution in [3.8, 4) is 22.8 Å². The Balaban J connectivity index is 1.42. The van der Waals surface area contributed by atoms with Crippen molar-refractivity contribution in [2.24, 2.45) is 0 Å². The number of aromatic nitrogens is 5. The zero-order chi connectivity index (χ0) is 23.7. The van der Waals surface area contributed by atoms with Crippen molar-refractivity contribution >= 4 is 11.6 Å². The maximum Gasteiger partial charge on any atom is 0.247 e. The van der Waals surface area contributed by atoms with Gasteiger partial charge in [0.1, 0.15) is 29.1 Å². The Morgan fingerprint density at radius 2 is 2.03 bits per heavy atom. The minimum absolute atomic E-state index is 0.268. The van der Waals surface area contributed by atoms with Gasteiger partial charge in [-0.05, 0) is 62.8 Å². The van der Waals surface area contributed by atoms with E-state index in [2.05, 4.69) is 20.2 Å².